The van der Waals surface area contributed by atoms with Crippen molar-refractivity contribution < 1.29 is 9.90 Å². The molecule has 1 heterocycles. The fourth-order valence-corrected chi connectivity index (χ4v) is 1.82. The minimum atomic E-state index is -0.954. The lowest BCUT2D eigenvalue weighted by molar-refractivity contribution is -0.131. The van der Waals surface area contributed by atoms with Gasteiger partial charge in [-0.3, -0.25) is 0 Å². The summed E-state index contributed by atoms with van der Waals surface area (Å²) in [5.74, 6) is -0.0892. The average Bonchev–Trinajstić information content (AvgIpc) is 2.73. The zero-order valence-electron chi connectivity index (χ0n) is 10.3. The molecule has 2 rings (SSSR count). The van der Waals surface area contributed by atoms with Crippen molar-refractivity contribution in [1.29, 1.82) is 0 Å². The Kier molecular flexibility index (Phi) is 3.28. The fourth-order valence-electron chi connectivity index (χ4n) is 1.82. The third-order valence-electron chi connectivity index (χ3n) is 2.67. The van der Waals surface area contributed by atoms with Crippen molar-refractivity contribution in [3.63, 3.8) is 0 Å². The number of nitrogens with zero attached hydrogens (tertiary/aromatic N) is 2. The molecule has 0 unspecified atom stereocenters. The largest absolute Gasteiger partial charge is 0.478 e. The normalized spacial score (nSPS) is 11.0. The second-order valence-electron chi connectivity index (χ2n) is 4.08. The zero-order valence-corrected chi connectivity index (χ0v) is 10.3. The Morgan fingerprint density at radius 2 is 2.17 bits per heavy atom. The predicted octanol–water partition coefficient (Wildman–Crippen LogP) is 2.59. The minimum absolute atomic E-state index is 0.860. The number of imidazole rings is 1. The van der Waals surface area contributed by atoms with Crippen molar-refractivity contribution in [2.75, 3.05) is 0 Å². The number of carbonyl (C=O) groups is 1. The molecule has 4 nitrogen and oxygen atoms in total. The van der Waals surface area contributed by atoms with Crippen LogP contribution in [0.25, 0.3) is 11.8 Å². The molecule has 0 bridgehead atoms. The van der Waals surface area contributed by atoms with Gasteiger partial charge in [0.05, 0.1) is 5.69 Å². The first-order chi connectivity index (χ1) is 8.58. The van der Waals surface area contributed by atoms with Crippen molar-refractivity contribution >= 4 is 12.0 Å². The predicted molar refractivity (Wildman–Crippen MR) is 69.7 cm³/mol. The zero-order chi connectivity index (χ0) is 13.1. The summed E-state index contributed by atoms with van der Waals surface area (Å²) in [5, 5.41) is 8.71. The summed E-state index contributed by atoms with van der Waals surface area (Å²) in [4.78, 5) is 14.8. The Bertz CT molecular complexity index is 612. The van der Waals surface area contributed by atoms with Crippen molar-refractivity contribution in [1.82, 2.24) is 9.55 Å². The molecule has 1 N–H and O–H groups in total. The Hall–Kier alpha value is -2.36. The summed E-state index contributed by atoms with van der Waals surface area (Å²) in [6.07, 6.45) is 6.33. The second kappa shape index (κ2) is 4.87. The number of hydrogen-bond donors (Lipinski definition) is 1. The molecule has 0 atom stereocenters. The maximum Gasteiger partial charge on any atom is 0.328 e. The molecule has 0 aliphatic heterocycles. The lowest BCUT2D eigenvalue weighted by Gasteiger charge is -2.10. The highest BCUT2D eigenvalue weighted by Gasteiger charge is 2.05. The van der Waals surface area contributed by atoms with Gasteiger partial charge in [0.15, 0.2) is 0 Å². The number of benzene rings is 1. The summed E-state index contributed by atoms with van der Waals surface area (Å²) in [6.45, 7) is 3.88. The van der Waals surface area contributed by atoms with Crippen molar-refractivity contribution in [2.24, 2.45) is 0 Å². The number of aryl methyl sites for hydroxylation is 2. The maximum absolute atomic E-state index is 10.6. The molecule has 1 aromatic carbocycles. The van der Waals surface area contributed by atoms with Gasteiger partial charge in [-0.1, -0.05) is 11.6 Å². The van der Waals surface area contributed by atoms with E-state index in [2.05, 4.69) is 4.98 Å². The molecule has 0 radical (unpaired) electrons. The average molecular weight is 242 g/mol. The smallest absolute Gasteiger partial charge is 0.328 e. The van der Waals surface area contributed by atoms with Crippen LogP contribution in [0.3, 0.4) is 0 Å². The number of rotatable bonds is 3. The van der Waals surface area contributed by atoms with E-state index in [4.69, 9.17) is 5.11 Å². The minimum Gasteiger partial charge on any atom is -0.478 e. The molecular weight excluding hydrogens is 228 g/mol. The van der Waals surface area contributed by atoms with Gasteiger partial charge < -0.3 is 9.67 Å². The molecule has 0 saturated carbocycles. The Morgan fingerprint density at radius 3 is 2.78 bits per heavy atom. The second-order valence-corrected chi connectivity index (χ2v) is 4.08. The Labute approximate surface area is 105 Å². The van der Waals surface area contributed by atoms with E-state index in [1.54, 1.807) is 12.3 Å². The third-order valence-corrected chi connectivity index (χ3v) is 2.67. The van der Waals surface area contributed by atoms with Crippen LogP contribution in [0.4, 0.5) is 0 Å². The molecule has 0 fully saturated rings. The number of aromatic nitrogens is 2. The van der Waals surface area contributed by atoms with Crippen molar-refractivity contribution in [3.05, 3.63) is 53.6 Å². The molecular formula is C14H14N2O2. The van der Waals surface area contributed by atoms with Crippen molar-refractivity contribution in [3.8, 4) is 5.69 Å². The number of aliphatic carboxylic acids is 1. The van der Waals surface area contributed by atoms with E-state index < -0.39 is 5.97 Å². The van der Waals surface area contributed by atoms with Gasteiger partial charge in [-0.15, -0.1) is 0 Å². The van der Waals surface area contributed by atoms with Crippen LogP contribution in [0.15, 0.2) is 36.7 Å². The lowest BCUT2D eigenvalue weighted by Crippen LogP contribution is -1.99. The fraction of sp³-hybridized carbons (Fsp3) is 0.143. The van der Waals surface area contributed by atoms with E-state index in [0.29, 0.717) is 0 Å². The SMILES string of the molecule is Cc1ccc(-n2ccnc2C)c(/C=C/C(=O)O)c1. The summed E-state index contributed by atoms with van der Waals surface area (Å²) in [6, 6.07) is 5.91. The monoisotopic (exact) mass is 242 g/mol. The molecule has 4 heteroatoms. The van der Waals surface area contributed by atoms with Gasteiger partial charge in [0, 0.05) is 18.5 Å². The molecule has 2 aromatic rings. The van der Waals surface area contributed by atoms with Gasteiger partial charge in [0.1, 0.15) is 5.82 Å². The molecule has 0 amide bonds. The molecule has 0 saturated heterocycles. The van der Waals surface area contributed by atoms with Crippen molar-refractivity contribution in [2.45, 2.75) is 13.8 Å². The Balaban J connectivity index is 2.54. The van der Waals surface area contributed by atoms with Crippen LogP contribution >= 0.6 is 0 Å². The summed E-state index contributed by atoms with van der Waals surface area (Å²) >= 11 is 0. The van der Waals surface area contributed by atoms with Gasteiger partial charge in [0.2, 0.25) is 0 Å². The molecule has 18 heavy (non-hydrogen) atoms. The van der Waals surface area contributed by atoms with Crippen LogP contribution in [0.1, 0.15) is 17.0 Å². The van der Waals surface area contributed by atoms with Gasteiger partial charge in [0.25, 0.3) is 0 Å². The first kappa shape index (κ1) is 12.1. The topological polar surface area (TPSA) is 55.1 Å². The quantitative estimate of drug-likeness (QED) is 0.842. The standard InChI is InChI=1S/C14H14N2O2/c1-10-3-5-13(16-8-7-15-11(16)2)12(9-10)4-6-14(17)18/h3-9H,1-2H3,(H,17,18)/b6-4+. The molecule has 0 spiro atoms. The third kappa shape index (κ3) is 2.48. The van der Waals surface area contributed by atoms with Crippen LogP contribution in [0.5, 0.6) is 0 Å². The van der Waals surface area contributed by atoms with Crippen LogP contribution in [0, 0.1) is 13.8 Å². The van der Waals surface area contributed by atoms with E-state index in [9.17, 15) is 4.79 Å². The van der Waals surface area contributed by atoms with Crippen LogP contribution < -0.4 is 0 Å². The van der Waals surface area contributed by atoms with E-state index in [1.165, 1.54) is 0 Å². The van der Waals surface area contributed by atoms with E-state index in [0.717, 1.165) is 28.7 Å². The molecule has 92 valence electrons. The Morgan fingerprint density at radius 1 is 1.39 bits per heavy atom. The summed E-state index contributed by atoms with van der Waals surface area (Å²) in [7, 11) is 0. The first-order valence-corrected chi connectivity index (χ1v) is 5.60. The van der Waals surface area contributed by atoms with E-state index >= 15 is 0 Å². The molecule has 0 aliphatic carbocycles. The number of carboxylic acids is 1. The highest BCUT2D eigenvalue weighted by atomic mass is 16.4. The van der Waals surface area contributed by atoms with Gasteiger partial charge in [-0.2, -0.15) is 0 Å². The number of carboxylic acid groups (broad SMARTS) is 1. The molecule has 1 aromatic heterocycles. The molecule has 0 aliphatic rings. The van der Waals surface area contributed by atoms with Gasteiger partial charge in [-0.05, 0) is 37.6 Å². The van der Waals surface area contributed by atoms with Gasteiger partial charge in [-0.25, -0.2) is 9.78 Å². The van der Waals surface area contributed by atoms with Crippen LogP contribution in [-0.4, -0.2) is 20.6 Å². The summed E-state index contributed by atoms with van der Waals surface area (Å²) in [5.41, 5.74) is 2.87. The lowest BCUT2D eigenvalue weighted by atomic mass is 10.1. The van der Waals surface area contributed by atoms with E-state index in [-0.39, 0.29) is 0 Å². The maximum atomic E-state index is 10.6. The van der Waals surface area contributed by atoms with Crippen LogP contribution in [0.2, 0.25) is 0 Å². The summed E-state index contributed by atoms with van der Waals surface area (Å²) < 4.78 is 1.93. The van der Waals surface area contributed by atoms with Gasteiger partial charge >= 0.3 is 5.97 Å². The first-order valence-electron chi connectivity index (χ1n) is 5.60. The van der Waals surface area contributed by atoms with E-state index in [1.807, 2.05) is 42.8 Å². The highest BCUT2D eigenvalue weighted by Crippen LogP contribution is 2.19. The van der Waals surface area contributed by atoms with Crippen LogP contribution in [-0.2, 0) is 4.79 Å². The highest BCUT2D eigenvalue weighted by molar-refractivity contribution is 5.86. The number of hydrogen-bond acceptors (Lipinski definition) is 2.